The predicted octanol–water partition coefficient (Wildman–Crippen LogP) is 4.69. The van der Waals surface area contributed by atoms with Crippen LogP contribution in [0.15, 0.2) is 12.4 Å². The van der Waals surface area contributed by atoms with E-state index in [2.05, 4.69) is 22.9 Å². The fraction of sp³-hybridized carbons (Fsp3) is 0.833. The lowest BCUT2D eigenvalue weighted by molar-refractivity contribution is 0.515. The fourth-order valence-corrected chi connectivity index (χ4v) is 2.77. The smallest absolute Gasteiger partial charge is 0.0522 e. The Bertz CT molecular complexity index is 344. The first kappa shape index (κ1) is 18.2. The summed E-state index contributed by atoms with van der Waals surface area (Å²) in [6, 6.07) is 0.222. The molecular weight excluding hydrogens is 258 g/mol. The summed E-state index contributed by atoms with van der Waals surface area (Å²) in [7, 11) is 0. The van der Waals surface area contributed by atoms with E-state index in [0.29, 0.717) is 0 Å². The predicted molar refractivity (Wildman–Crippen MR) is 91.4 cm³/mol. The molecule has 0 spiro atoms. The molecule has 1 aromatic heterocycles. The number of nitrogens with zero attached hydrogens (tertiary/aromatic N) is 2. The maximum atomic E-state index is 5.80. The highest BCUT2D eigenvalue weighted by atomic mass is 15.3. The maximum absolute atomic E-state index is 5.80. The van der Waals surface area contributed by atoms with Crippen molar-refractivity contribution < 1.29 is 0 Å². The van der Waals surface area contributed by atoms with E-state index in [0.717, 1.165) is 13.0 Å². The average molecular weight is 293 g/mol. The van der Waals surface area contributed by atoms with Crippen molar-refractivity contribution >= 4 is 0 Å². The molecule has 0 fully saturated rings. The molecule has 1 atom stereocenters. The summed E-state index contributed by atoms with van der Waals surface area (Å²) in [6.45, 7) is 5.37. The molecule has 21 heavy (non-hydrogen) atoms. The van der Waals surface area contributed by atoms with Crippen LogP contribution in [0.3, 0.4) is 0 Å². The van der Waals surface area contributed by atoms with Crippen LogP contribution in [0.4, 0.5) is 0 Å². The Kier molecular flexibility index (Phi) is 10.2. The normalized spacial score (nSPS) is 12.7. The quantitative estimate of drug-likeness (QED) is 0.536. The van der Waals surface area contributed by atoms with Crippen LogP contribution >= 0.6 is 0 Å². The molecule has 0 bridgehead atoms. The minimum Gasteiger partial charge on any atom is -0.328 e. The summed E-state index contributed by atoms with van der Waals surface area (Å²) in [5.41, 5.74) is 7.06. The standard InChI is InChI=1S/C18H35N3/c1-3-4-5-6-7-8-9-10-11-12-13-21-16-18(15-20-21)14-17(2)19/h15-17H,3-14,19H2,1-2H3. The lowest BCUT2D eigenvalue weighted by atomic mass is 10.1. The van der Waals surface area contributed by atoms with Gasteiger partial charge in [-0.15, -0.1) is 0 Å². The maximum Gasteiger partial charge on any atom is 0.0522 e. The van der Waals surface area contributed by atoms with Crippen LogP contribution in [0, 0.1) is 0 Å². The number of unbranched alkanes of at least 4 members (excludes halogenated alkanes) is 9. The van der Waals surface area contributed by atoms with Crippen LogP contribution in [0.5, 0.6) is 0 Å². The van der Waals surface area contributed by atoms with E-state index in [9.17, 15) is 0 Å². The van der Waals surface area contributed by atoms with Gasteiger partial charge in [0.15, 0.2) is 0 Å². The number of nitrogens with two attached hydrogens (primary N) is 1. The number of rotatable bonds is 13. The Morgan fingerprint density at radius 2 is 1.57 bits per heavy atom. The minimum atomic E-state index is 0.222. The second-order valence-electron chi connectivity index (χ2n) is 6.48. The third-order valence-electron chi connectivity index (χ3n) is 3.99. The third-order valence-corrected chi connectivity index (χ3v) is 3.99. The molecule has 2 N–H and O–H groups in total. The molecule has 1 unspecified atom stereocenters. The Morgan fingerprint density at radius 1 is 1.00 bits per heavy atom. The zero-order chi connectivity index (χ0) is 15.3. The summed E-state index contributed by atoms with van der Waals surface area (Å²) in [5.74, 6) is 0. The Labute approximate surface area is 131 Å². The third kappa shape index (κ3) is 9.67. The molecule has 1 rings (SSSR count). The fourth-order valence-electron chi connectivity index (χ4n) is 2.77. The van der Waals surface area contributed by atoms with Gasteiger partial charge < -0.3 is 5.73 Å². The second-order valence-corrected chi connectivity index (χ2v) is 6.48. The lowest BCUT2D eigenvalue weighted by Gasteiger charge is -2.03. The molecule has 1 aromatic rings. The van der Waals surface area contributed by atoms with Gasteiger partial charge in [0.25, 0.3) is 0 Å². The van der Waals surface area contributed by atoms with E-state index < -0.39 is 0 Å². The van der Waals surface area contributed by atoms with Crippen molar-refractivity contribution in [2.45, 2.75) is 97.1 Å². The van der Waals surface area contributed by atoms with Gasteiger partial charge in [0.1, 0.15) is 0 Å². The number of aryl methyl sites for hydroxylation is 1. The number of aromatic nitrogens is 2. The van der Waals surface area contributed by atoms with E-state index in [4.69, 9.17) is 5.73 Å². The first-order chi connectivity index (χ1) is 10.2. The van der Waals surface area contributed by atoms with Crippen molar-refractivity contribution in [3.8, 4) is 0 Å². The molecule has 0 aliphatic heterocycles. The van der Waals surface area contributed by atoms with Crippen molar-refractivity contribution in [2.75, 3.05) is 0 Å². The first-order valence-corrected chi connectivity index (χ1v) is 8.99. The van der Waals surface area contributed by atoms with E-state index in [1.54, 1.807) is 0 Å². The Morgan fingerprint density at radius 3 is 2.14 bits per heavy atom. The molecule has 3 heteroatoms. The van der Waals surface area contributed by atoms with Gasteiger partial charge in [-0.1, -0.05) is 64.7 Å². The monoisotopic (exact) mass is 293 g/mol. The van der Waals surface area contributed by atoms with Crippen molar-refractivity contribution in [1.82, 2.24) is 9.78 Å². The van der Waals surface area contributed by atoms with Gasteiger partial charge in [0, 0.05) is 18.8 Å². The van der Waals surface area contributed by atoms with Crippen LogP contribution in [0.25, 0.3) is 0 Å². The average Bonchev–Trinajstić information content (AvgIpc) is 2.87. The Balaban J connectivity index is 1.93. The van der Waals surface area contributed by atoms with Gasteiger partial charge in [0.05, 0.1) is 6.20 Å². The van der Waals surface area contributed by atoms with E-state index in [1.165, 1.54) is 69.8 Å². The first-order valence-electron chi connectivity index (χ1n) is 8.99. The van der Waals surface area contributed by atoms with Crippen LogP contribution < -0.4 is 5.73 Å². The number of hydrogen-bond donors (Lipinski definition) is 1. The van der Waals surface area contributed by atoms with Crippen LogP contribution in [0.1, 0.15) is 83.6 Å². The van der Waals surface area contributed by atoms with Gasteiger partial charge in [-0.3, -0.25) is 4.68 Å². The zero-order valence-electron chi connectivity index (χ0n) is 14.2. The Hall–Kier alpha value is -0.830. The molecule has 0 aliphatic carbocycles. The van der Waals surface area contributed by atoms with Crippen LogP contribution in [0.2, 0.25) is 0 Å². The largest absolute Gasteiger partial charge is 0.328 e. The highest BCUT2D eigenvalue weighted by Crippen LogP contribution is 2.11. The highest BCUT2D eigenvalue weighted by molar-refractivity contribution is 5.05. The minimum absolute atomic E-state index is 0.222. The van der Waals surface area contributed by atoms with E-state index >= 15 is 0 Å². The summed E-state index contributed by atoms with van der Waals surface area (Å²) in [6.07, 6.45) is 18.9. The number of hydrogen-bond acceptors (Lipinski definition) is 2. The molecule has 0 aromatic carbocycles. The van der Waals surface area contributed by atoms with Gasteiger partial charge in [-0.05, 0) is 25.3 Å². The van der Waals surface area contributed by atoms with Gasteiger partial charge in [0.2, 0.25) is 0 Å². The highest BCUT2D eigenvalue weighted by Gasteiger charge is 2.01. The van der Waals surface area contributed by atoms with Crippen LogP contribution in [-0.4, -0.2) is 15.8 Å². The van der Waals surface area contributed by atoms with Gasteiger partial charge in [-0.2, -0.15) is 5.10 Å². The molecule has 1 heterocycles. The van der Waals surface area contributed by atoms with E-state index in [1.807, 2.05) is 13.1 Å². The van der Waals surface area contributed by atoms with E-state index in [-0.39, 0.29) is 6.04 Å². The molecule has 122 valence electrons. The van der Waals surface area contributed by atoms with Crippen LogP contribution in [-0.2, 0) is 13.0 Å². The summed E-state index contributed by atoms with van der Waals surface area (Å²) < 4.78 is 2.07. The summed E-state index contributed by atoms with van der Waals surface area (Å²) in [5, 5.41) is 4.41. The summed E-state index contributed by atoms with van der Waals surface area (Å²) >= 11 is 0. The van der Waals surface area contributed by atoms with Gasteiger partial charge in [-0.25, -0.2) is 0 Å². The lowest BCUT2D eigenvalue weighted by Crippen LogP contribution is -2.17. The SMILES string of the molecule is CCCCCCCCCCCCn1cc(CC(C)N)cn1. The molecule has 3 nitrogen and oxygen atoms in total. The molecule has 0 saturated carbocycles. The second kappa shape index (κ2) is 11.8. The van der Waals surface area contributed by atoms with Crippen molar-refractivity contribution in [2.24, 2.45) is 5.73 Å². The molecule has 0 radical (unpaired) electrons. The molecular formula is C18H35N3. The summed E-state index contributed by atoms with van der Waals surface area (Å²) in [4.78, 5) is 0. The topological polar surface area (TPSA) is 43.8 Å². The van der Waals surface area contributed by atoms with Crippen molar-refractivity contribution in [1.29, 1.82) is 0 Å². The molecule has 0 aliphatic rings. The zero-order valence-corrected chi connectivity index (χ0v) is 14.2. The van der Waals surface area contributed by atoms with Crippen molar-refractivity contribution in [3.63, 3.8) is 0 Å². The van der Waals surface area contributed by atoms with Gasteiger partial charge >= 0.3 is 0 Å². The van der Waals surface area contributed by atoms with Crippen molar-refractivity contribution in [3.05, 3.63) is 18.0 Å². The molecule has 0 saturated heterocycles. The molecule has 0 amide bonds.